The Balaban J connectivity index is 1.34. The Bertz CT molecular complexity index is 1290. The Morgan fingerprint density at radius 2 is 1.74 bits per heavy atom. The molecule has 4 aromatic rings. The molecule has 3 amide bonds. The number of nitrogens with zero attached hydrogens (tertiary/aromatic N) is 4. The molecule has 1 fully saturated rings. The fourth-order valence-electron chi connectivity index (χ4n) is 3.84. The summed E-state index contributed by atoms with van der Waals surface area (Å²) >= 11 is 0. The van der Waals surface area contributed by atoms with Gasteiger partial charge < -0.3 is 24.8 Å². The number of H-pyrrole nitrogens is 1. The summed E-state index contributed by atoms with van der Waals surface area (Å²) in [6.07, 6.45) is -0.332. The Hall–Kier alpha value is -3.88. The van der Waals surface area contributed by atoms with Crippen LogP contribution in [0.4, 0.5) is 15.3 Å². The number of rotatable bonds is 2. The van der Waals surface area contributed by atoms with Gasteiger partial charge in [-0.2, -0.15) is 0 Å². The lowest BCUT2D eigenvalue weighted by molar-refractivity contribution is 0.0868. The summed E-state index contributed by atoms with van der Waals surface area (Å²) in [5.74, 6) is 0. The van der Waals surface area contributed by atoms with Gasteiger partial charge in [-0.05, 0) is 37.3 Å². The van der Waals surface area contributed by atoms with Gasteiger partial charge in [0.15, 0.2) is 5.65 Å². The fraction of sp³-hybridized carbons (Fsp3) is 0.273. The minimum absolute atomic E-state index is 0.195. The van der Waals surface area contributed by atoms with Crippen molar-refractivity contribution < 1.29 is 14.3 Å². The number of amides is 3. The number of carbonyl (C=O) groups is 2. The molecule has 0 atom stereocenters. The minimum Gasteiger partial charge on any atom is -0.450 e. The number of aromatic nitrogens is 3. The third-order valence-electron chi connectivity index (χ3n) is 5.44. The first-order chi connectivity index (χ1) is 15.1. The maximum absolute atomic E-state index is 12.7. The maximum Gasteiger partial charge on any atom is 0.409 e. The molecule has 2 aromatic carbocycles. The summed E-state index contributed by atoms with van der Waals surface area (Å²) in [6, 6.07) is 13.2. The van der Waals surface area contributed by atoms with Gasteiger partial charge in [-0.15, -0.1) is 0 Å². The van der Waals surface area contributed by atoms with Crippen LogP contribution in [0.5, 0.6) is 0 Å². The van der Waals surface area contributed by atoms with Crippen molar-refractivity contribution in [3.05, 3.63) is 42.5 Å². The summed E-state index contributed by atoms with van der Waals surface area (Å²) in [7, 11) is 0. The third-order valence-corrected chi connectivity index (χ3v) is 5.44. The van der Waals surface area contributed by atoms with Crippen molar-refractivity contribution >= 4 is 50.9 Å². The van der Waals surface area contributed by atoms with Gasteiger partial charge in [-0.25, -0.2) is 19.6 Å². The Kier molecular flexibility index (Phi) is 4.78. The van der Waals surface area contributed by atoms with Crippen LogP contribution >= 0.6 is 0 Å². The maximum atomic E-state index is 12.7. The van der Waals surface area contributed by atoms with E-state index in [1.807, 2.05) is 42.5 Å². The molecule has 9 heteroatoms. The Labute approximate surface area is 178 Å². The van der Waals surface area contributed by atoms with E-state index in [4.69, 9.17) is 9.72 Å². The predicted octanol–water partition coefficient (Wildman–Crippen LogP) is 3.57. The average Bonchev–Trinajstić information content (AvgIpc) is 3.14. The number of carbonyl (C=O) groups excluding carboxylic acids is 2. The van der Waals surface area contributed by atoms with E-state index in [1.165, 1.54) is 0 Å². The molecular formula is C22H22N6O3. The molecule has 158 valence electrons. The highest BCUT2D eigenvalue weighted by atomic mass is 16.6. The van der Waals surface area contributed by atoms with Crippen molar-refractivity contribution in [2.24, 2.45) is 0 Å². The lowest BCUT2D eigenvalue weighted by Crippen LogP contribution is -2.51. The molecule has 0 spiro atoms. The van der Waals surface area contributed by atoms with Crippen LogP contribution in [0, 0.1) is 0 Å². The summed E-state index contributed by atoms with van der Waals surface area (Å²) in [5, 5.41) is 3.86. The molecule has 0 saturated carbocycles. The number of hydrogen-bond acceptors (Lipinski definition) is 5. The largest absolute Gasteiger partial charge is 0.450 e. The molecule has 5 rings (SSSR count). The van der Waals surface area contributed by atoms with Gasteiger partial charge in [0.25, 0.3) is 0 Å². The van der Waals surface area contributed by atoms with Crippen LogP contribution in [0.15, 0.2) is 42.5 Å². The van der Waals surface area contributed by atoms with Gasteiger partial charge >= 0.3 is 12.1 Å². The summed E-state index contributed by atoms with van der Waals surface area (Å²) < 4.78 is 5.02. The predicted molar refractivity (Wildman–Crippen MR) is 118 cm³/mol. The average molecular weight is 418 g/mol. The monoisotopic (exact) mass is 418 g/mol. The zero-order valence-corrected chi connectivity index (χ0v) is 17.1. The topological polar surface area (TPSA) is 103 Å². The van der Waals surface area contributed by atoms with E-state index in [-0.39, 0.29) is 12.1 Å². The summed E-state index contributed by atoms with van der Waals surface area (Å²) in [6.45, 7) is 3.94. The van der Waals surface area contributed by atoms with Crippen molar-refractivity contribution in [3.63, 3.8) is 0 Å². The molecule has 9 nitrogen and oxygen atoms in total. The molecule has 3 heterocycles. The molecule has 31 heavy (non-hydrogen) atoms. The molecule has 0 bridgehead atoms. The van der Waals surface area contributed by atoms with Crippen LogP contribution < -0.4 is 5.32 Å². The molecule has 0 unspecified atom stereocenters. The van der Waals surface area contributed by atoms with Gasteiger partial charge in [0.2, 0.25) is 0 Å². The second-order valence-corrected chi connectivity index (χ2v) is 7.40. The van der Waals surface area contributed by atoms with E-state index >= 15 is 0 Å². The number of urea groups is 1. The quantitative estimate of drug-likeness (QED) is 0.518. The van der Waals surface area contributed by atoms with Crippen molar-refractivity contribution in [1.29, 1.82) is 0 Å². The van der Waals surface area contributed by atoms with Crippen molar-refractivity contribution in [2.75, 3.05) is 38.1 Å². The number of ether oxygens (including phenoxy) is 1. The second-order valence-electron chi connectivity index (χ2n) is 7.40. The van der Waals surface area contributed by atoms with Crippen molar-refractivity contribution in [3.8, 4) is 0 Å². The number of aromatic amines is 1. The number of benzene rings is 2. The van der Waals surface area contributed by atoms with Crippen molar-refractivity contribution in [2.45, 2.75) is 6.92 Å². The molecule has 1 aliphatic rings. The van der Waals surface area contributed by atoms with Gasteiger partial charge in [-0.1, -0.05) is 12.1 Å². The molecular weight excluding hydrogens is 396 g/mol. The van der Waals surface area contributed by atoms with Crippen LogP contribution in [0.1, 0.15) is 6.92 Å². The first-order valence-electron chi connectivity index (χ1n) is 10.3. The van der Waals surface area contributed by atoms with Gasteiger partial charge in [0, 0.05) is 42.8 Å². The molecule has 2 N–H and O–H groups in total. The molecule has 2 aromatic heterocycles. The van der Waals surface area contributed by atoms with Crippen LogP contribution in [0.25, 0.3) is 33.1 Å². The number of para-hydroxylation sites is 2. The Morgan fingerprint density at radius 3 is 2.48 bits per heavy atom. The molecule has 1 aliphatic heterocycles. The zero-order valence-electron chi connectivity index (χ0n) is 17.1. The number of piperazine rings is 1. The van der Waals surface area contributed by atoms with E-state index in [0.717, 1.165) is 27.5 Å². The standard InChI is InChI=1S/C22H22N6O3/c1-2-31-22(30)28-11-9-27(10-12-28)21(29)23-14-7-8-16-15(13-14)19-20(25-16)26-18-6-4-3-5-17(18)24-19/h3-8,13H,2,9-12H2,1H3,(H,23,29)(H,25,26). The Morgan fingerprint density at radius 1 is 1.03 bits per heavy atom. The van der Waals surface area contributed by atoms with Gasteiger partial charge in [0.1, 0.15) is 5.52 Å². The van der Waals surface area contributed by atoms with E-state index in [9.17, 15) is 9.59 Å². The number of fused-ring (bicyclic) bond motifs is 4. The SMILES string of the molecule is CCOC(=O)N1CCN(C(=O)Nc2ccc3[nH]c4nc5ccccc5nc4c3c2)CC1. The molecule has 1 saturated heterocycles. The van der Waals surface area contributed by atoms with Gasteiger partial charge in [-0.3, -0.25) is 0 Å². The normalized spacial score (nSPS) is 14.4. The molecule has 0 aliphatic carbocycles. The lowest BCUT2D eigenvalue weighted by Gasteiger charge is -2.34. The van der Waals surface area contributed by atoms with Gasteiger partial charge in [0.05, 0.1) is 17.6 Å². The highest BCUT2D eigenvalue weighted by molar-refractivity contribution is 6.07. The summed E-state index contributed by atoms with van der Waals surface area (Å²) in [4.78, 5) is 40.6. The number of hydrogen-bond donors (Lipinski definition) is 2. The molecule has 0 radical (unpaired) electrons. The van der Waals surface area contributed by atoms with E-state index in [2.05, 4.69) is 15.3 Å². The van der Waals surface area contributed by atoms with Crippen molar-refractivity contribution in [1.82, 2.24) is 24.8 Å². The van der Waals surface area contributed by atoms with E-state index in [0.29, 0.717) is 44.1 Å². The fourth-order valence-corrected chi connectivity index (χ4v) is 3.84. The number of anilines is 1. The zero-order chi connectivity index (χ0) is 21.4. The van der Waals surface area contributed by atoms with Crippen LogP contribution in [-0.4, -0.2) is 69.7 Å². The smallest absolute Gasteiger partial charge is 0.409 e. The second kappa shape index (κ2) is 7.75. The van der Waals surface area contributed by atoms with Crippen LogP contribution in [0.3, 0.4) is 0 Å². The van der Waals surface area contributed by atoms with E-state index in [1.54, 1.807) is 16.7 Å². The van der Waals surface area contributed by atoms with Crippen LogP contribution in [0.2, 0.25) is 0 Å². The first-order valence-corrected chi connectivity index (χ1v) is 10.3. The lowest BCUT2D eigenvalue weighted by atomic mass is 10.2. The first kappa shape index (κ1) is 19.1. The minimum atomic E-state index is -0.332. The van der Waals surface area contributed by atoms with E-state index < -0.39 is 0 Å². The highest BCUT2D eigenvalue weighted by Crippen LogP contribution is 2.27. The summed E-state index contributed by atoms with van der Waals surface area (Å²) in [5.41, 5.74) is 4.73. The highest BCUT2D eigenvalue weighted by Gasteiger charge is 2.25. The number of nitrogens with one attached hydrogen (secondary N) is 2. The third kappa shape index (κ3) is 3.58. The van der Waals surface area contributed by atoms with Crippen LogP contribution in [-0.2, 0) is 4.74 Å².